The Hall–Kier alpha value is -2.02. The monoisotopic (exact) mass is 318 g/mol. The molecule has 6 nitrogen and oxygen atoms in total. The molecular formula is C15H18N4O2S. The fourth-order valence-corrected chi connectivity index (χ4v) is 3.02. The van der Waals surface area contributed by atoms with E-state index < -0.39 is 0 Å². The molecule has 1 aliphatic heterocycles. The number of nitrogens with zero attached hydrogens (tertiary/aromatic N) is 4. The minimum absolute atomic E-state index is 0.226. The van der Waals surface area contributed by atoms with E-state index in [9.17, 15) is 5.11 Å². The molecule has 0 amide bonds. The van der Waals surface area contributed by atoms with Crippen LogP contribution in [0.1, 0.15) is 19.3 Å². The molecule has 22 heavy (non-hydrogen) atoms. The largest absolute Gasteiger partial charge is 0.861 e. The summed E-state index contributed by atoms with van der Waals surface area (Å²) < 4.78 is 5.12. The lowest BCUT2D eigenvalue weighted by Gasteiger charge is -2.17. The Morgan fingerprint density at radius 2 is 2.05 bits per heavy atom. The van der Waals surface area contributed by atoms with Gasteiger partial charge in [-0.2, -0.15) is 5.01 Å². The van der Waals surface area contributed by atoms with Crippen molar-refractivity contribution in [1.82, 2.24) is 5.27 Å². The summed E-state index contributed by atoms with van der Waals surface area (Å²) in [7, 11) is 0. The lowest BCUT2D eigenvalue weighted by Crippen LogP contribution is -2.60. The number of hydrogen-bond acceptors (Lipinski definition) is 6. The Labute approximate surface area is 133 Å². The molecule has 0 atom stereocenters. The molecule has 0 N–H and O–H groups in total. The van der Waals surface area contributed by atoms with Crippen molar-refractivity contribution >= 4 is 23.5 Å². The molecule has 7 heteroatoms. The Morgan fingerprint density at radius 1 is 1.27 bits per heavy atom. The third-order valence-electron chi connectivity index (χ3n) is 3.41. The number of benzene rings is 1. The number of hydrogen-bond donors (Lipinski definition) is 0. The van der Waals surface area contributed by atoms with Crippen molar-refractivity contribution in [2.45, 2.75) is 24.2 Å². The standard InChI is InChI=1S/C15H18N4O2S/c20-14(12-22-13-7-3-1-4-8-13)16-15-11-19(17-21-15)18-9-5-2-6-10-18/h1,3-4,7-8,11H,2,5-6,9-10,12H2. The third kappa shape index (κ3) is 4.00. The molecular weight excluding hydrogens is 300 g/mol. The van der Waals surface area contributed by atoms with E-state index in [2.05, 4.69) is 15.3 Å². The minimum Gasteiger partial charge on any atom is -0.861 e. The number of thioether (sulfide) groups is 1. The van der Waals surface area contributed by atoms with E-state index in [0.29, 0.717) is 0 Å². The molecule has 2 heterocycles. The fourth-order valence-electron chi connectivity index (χ4n) is 2.31. The van der Waals surface area contributed by atoms with Gasteiger partial charge in [0.15, 0.2) is 0 Å². The fraction of sp³-hybridized carbons (Fsp3) is 0.400. The van der Waals surface area contributed by atoms with Crippen LogP contribution in [0, 0.1) is 0 Å². The van der Waals surface area contributed by atoms with Crippen LogP contribution in [0.15, 0.2) is 50.9 Å². The van der Waals surface area contributed by atoms with Crippen LogP contribution in [0.5, 0.6) is 0 Å². The second-order valence-electron chi connectivity index (χ2n) is 5.08. The smallest absolute Gasteiger partial charge is 0.324 e. The zero-order valence-electron chi connectivity index (χ0n) is 12.2. The van der Waals surface area contributed by atoms with E-state index in [-0.39, 0.29) is 17.5 Å². The van der Waals surface area contributed by atoms with E-state index >= 15 is 0 Å². The molecule has 0 unspecified atom stereocenters. The van der Waals surface area contributed by atoms with Crippen LogP contribution in [0.2, 0.25) is 0 Å². The van der Waals surface area contributed by atoms with Crippen LogP contribution in [0.4, 0.5) is 5.88 Å². The summed E-state index contributed by atoms with van der Waals surface area (Å²) in [6, 6.07) is 9.78. The maximum absolute atomic E-state index is 11.9. The third-order valence-corrected chi connectivity index (χ3v) is 4.40. The van der Waals surface area contributed by atoms with Crippen LogP contribution < -0.4 is 14.9 Å². The quantitative estimate of drug-likeness (QED) is 0.359. The molecule has 116 valence electrons. The molecule has 1 aromatic heterocycles. The first kappa shape index (κ1) is 14.9. The maximum Gasteiger partial charge on any atom is 0.324 e. The molecule has 1 saturated heterocycles. The van der Waals surface area contributed by atoms with Crippen LogP contribution in [-0.4, -0.2) is 30.0 Å². The molecule has 3 rings (SSSR count). The van der Waals surface area contributed by atoms with Crippen molar-refractivity contribution < 1.29 is 14.4 Å². The first-order chi connectivity index (χ1) is 10.8. The number of aromatic nitrogens is 2. The summed E-state index contributed by atoms with van der Waals surface area (Å²) in [6.45, 7) is 1.91. The molecule has 0 aliphatic carbocycles. The van der Waals surface area contributed by atoms with Crippen molar-refractivity contribution in [1.29, 1.82) is 0 Å². The van der Waals surface area contributed by atoms with E-state index in [0.717, 1.165) is 30.8 Å². The van der Waals surface area contributed by atoms with Crippen molar-refractivity contribution in [3.63, 3.8) is 0 Å². The Kier molecular flexibility index (Phi) is 4.95. The zero-order chi connectivity index (χ0) is 15.2. The first-order valence-corrected chi connectivity index (χ1v) is 8.36. The molecule has 0 spiro atoms. The van der Waals surface area contributed by atoms with Gasteiger partial charge in [0, 0.05) is 10.6 Å². The van der Waals surface area contributed by atoms with Gasteiger partial charge in [-0.3, -0.25) is 4.52 Å². The van der Waals surface area contributed by atoms with Crippen LogP contribution in [0.3, 0.4) is 0 Å². The van der Waals surface area contributed by atoms with Gasteiger partial charge in [0.2, 0.25) is 5.27 Å². The Bertz CT molecular complexity index is 623. The van der Waals surface area contributed by atoms with Crippen molar-refractivity contribution in [3.05, 3.63) is 36.5 Å². The molecule has 1 aliphatic rings. The lowest BCUT2D eigenvalue weighted by molar-refractivity contribution is -0.759. The summed E-state index contributed by atoms with van der Waals surface area (Å²) in [5, 5.41) is 17.9. The summed E-state index contributed by atoms with van der Waals surface area (Å²) >= 11 is 1.46. The van der Waals surface area contributed by atoms with E-state index in [1.165, 1.54) is 18.2 Å². The van der Waals surface area contributed by atoms with Gasteiger partial charge in [0.05, 0.1) is 17.9 Å². The summed E-state index contributed by atoms with van der Waals surface area (Å²) in [6.07, 6.45) is 5.22. The lowest BCUT2D eigenvalue weighted by atomic mass is 10.2. The van der Waals surface area contributed by atoms with Crippen LogP contribution >= 0.6 is 11.8 Å². The van der Waals surface area contributed by atoms with E-state index in [1.54, 1.807) is 11.0 Å². The van der Waals surface area contributed by atoms with Crippen LogP contribution in [-0.2, 0) is 0 Å². The van der Waals surface area contributed by atoms with E-state index in [1.807, 2.05) is 30.3 Å². The van der Waals surface area contributed by atoms with Gasteiger partial charge in [-0.1, -0.05) is 18.2 Å². The van der Waals surface area contributed by atoms with Gasteiger partial charge in [-0.05, 0) is 37.3 Å². The van der Waals surface area contributed by atoms with Crippen molar-refractivity contribution in [2.24, 2.45) is 4.99 Å². The highest BCUT2D eigenvalue weighted by Gasteiger charge is 2.22. The Balaban J connectivity index is 1.58. The molecule has 1 aromatic carbocycles. The summed E-state index contributed by atoms with van der Waals surface area (Å²) in [4.78, 5) is 6.65. The highest BCUT2D eigenvalue weighted by molar-refractivity contribution is 8.00. The van der Waals surface area contributed by atoms with Crippen LogP contribution in [0.25, 0.3) is 0 Å². The average Bonchev–Trinajstić information content (AvgIpc) is 3.03. The highest BCUT2D eigenvalue weighted by Crippen LogP contribution is 2.17. The van der Waals surface area contributed by atoms with Gasteiger partial charge in [-0.15, -0.1) is 11.8 Å². The average molecular weight is 318 g/mol. The van der Waals surface area contributed by atoms with Gasteiger partial charge in [0.25, 0.3) is 6.20 Å². The van der Waals surface area contributed by atoms with Crippen molar-refractivity contribution in [2.75, 3.05) is 23.9 Å². The molecule has 0 saturated carbocycles. The summed E-state index contributed by atoms with van der Waals surface area (Å²) in [5.41, 5.74) is 0. The van der Waals surface area contributed by atoms with E-state index in [4.69, 9.17) is 4.52 Å². The first-order valence-electron chi connectivity index (χ1n) is 7.37. The minimum atomic E-state index is -0.226. The maximum atomic E-state index is 11.9. The normalized spacial score (nSPS) is 16.0. The van der Waals surface area contributed by atoms with Gasteiger partial charge in [0.1, 0.15) is 0 Å². The van der Waals surface area contributed by atoms with Gasteiger partial charge in [-0.25, -0.2) is 4.99 Å². The predicted molar refractivity (Wildman–Crippen MR) is 82.8 cm³/mol. The number of piperidine rings is 1. The SMILES string of the molecule is [O-]/C(CSc1ccccc1)=N\c1c[n+](N2CCCCC2)no1. The highest BCUT2D eigenvalue weighted by atomic mass is 32.2. The topological polar surface area (TPSA) is 68.6 Å². The zero-order valence-corrected chi connectivity index (χ0v) is 13.0. The predicted octanol–water partition coefficient (Wildman–Crippen LogP) is 1.27. The number of aliphatic imine (C=N–C) groups is 1. The molecule has 2 aromatic rings. The van der Waals surface area contributed by atoms with Gasteiger partial charge < -0.3 is 5.11 Å². The summed E-state index contributed by atoms with van der Waals surface area (Å²) in [5.74, 6) is 0.314. The second kappa shape index (κ2) is 7.31. The molecule has 1 fully saturated rings. The molecule has 0 radical (unpaired) electrons. The second-order valence-corrected chi connectivity index (χ2v) is 6.13. The van der Waals surface area contributed by atoms with Crippen molar-refractivity contribution in [3.8, 4) is 0 Å². The Morgan fingerprint density at radius 3 is 2.82 bits per heavy atom. The molecule has 0 bridgehead atoms. The van der Waals surface area contributed by atoms with Gasteiger partial charge >= 0.3 is 5.88 Å². The number of rotatable bonds is 5.